The lowest BCUT2D eigenvalue weighted by Crippen LogP contribution is -2.36. The highest BCUT2D eigenvalue weighted by atomic mass is 19.4. The minimum atomic E-state index is -5.71. The molecule has 3 N–H and O–H groups in total. The zero-order valence-electron chi connectivity index (χ0n) is 21.2. The third-order valence-corrected chi connectivity index (χ3v) is 7.52. The molecule has 1 aliphatic carbocycles. The highest BCUT2D eigenvalue weighted by Gasteiger charge is 2.56. The Labute approximate surface area is 222 Å². The summed E-state index contributed by atoms with van der Waals surface area (Å²) in [6, 6.07) is 0.217. The van der Waals surface area contributed by atoms with E-state index in [1.807, 2.05) is 0 Å². The molecule has 0 saturated heterocycles. The fourth-order valence-corrected chi connectivity index (χ4v) is 4.85. The first-order valence-electron chi connectivity index (χ1n) is 12.3. The van der Waals surface area contributed by atoms with E-state index in [0.29, 0.717) is 11.1 Å². The van der Waals surface area contributed by atoms with Gasteiger partial charge in [0, 0.05) is 19.9 Å². The van der Waals surface area contributed by atoms with Crippen molar-refractivity contribution in [3.8, 4) is 11.5 Å². The van der Waals surface area contributed by atoms with E-state index in [2.05, 4.69) is 40.7 Å². The summed E-state index contributed by atoms with van der Waals surface area (Å²) in [4.78, 5) is 30.3. The summed E-state index contributed by atoms with van der Waals surface area (Å²) in [5, 5.41) is 15.5. The summed E-state index contributed by atoms with van der Waals surface area (Å²) in [6.07, 6.45) is -1.94. The smallest absolute Gasteiger partial charge is 0.383 e. The van der Waals surface area contributed by atoms with Gasteiger partial charge < -0.3 is 11.1 Å². The minimum absolute atomic E-state index is 0.0108. The molecule has 1 amide bonds. The minimum Gasteiger partial charge on any atom is -0.383 e. The summed E-state index contributed by atoms with van der Waals surface area (Å²) >= 11 is 0. The second-order valence-corrected chi connectivity index (χ2v) is 10.1. The monoisotopic (exact) mass is 563 g/mol. The fourth-order valence-electron chi connectivity index (χ4n) is 4.85. The fraction of sp³-hybridized carbons (Fsp3) is 0.478. The van der Waals surface area contributed by atoms with Gasteiger partial charge in [0.15, 0.2) is 11.5 Å². The van der Waals surface area contributed by atoms with Crippen LogP contribution in [0.15, 0.2) is 12.4 Å². The van der Waals surface area contributed by atoms with E-state index >= 15 is 0 Å². The lowest BCUT2D eigenvalue weighted by Gasteiger charge is -2.25. The van der Waals surface area contributed by atoms with Gasteiger partial charge in [-0.25, -0.2) is 24.6 Å². The Morgan fingerprint density at radius 2 is 1.90 bits per heavy atom. The number of aryl methyl sites for hydroxylation is 2. The van der Waals surface area contributed by atoms with Crippen LogP contribution in [0.1, 0.15) is 55.7 Å². The summed E-state index contributed by atoms with van der Waals surface area (Å²) in [5.41, 5.74) is 5.83. The number of aromatic nitrogens is 9. The number of fused-ring (bicyclic) bond motifs is 2. The van der Waals surface area contributed by atoms with Crippen molar-refractivity contribution in [2.75, 3.05) is 11.1 Å². The van der Waals surface area contributed by atoms with E-state index in [0.717, 1.165) is 19.3 Å². The van der Waals surface area contributed by atoms with E-state index < -0.39 is 36.3 Å². The van der Waals surface area contributed by atoms with Crippen molar-refractivity contribution in [2.24, 2.45) is 7.05 Å². The number of alkyl halides is 5. The number of nitrogens with zero attached hydrogens (tertiary/aromatic N) is 9. The van der Waals surface area contributed by atoms with Crippen LogP contribution in [0, 0.1) is 0 Å². The van der Waals surface area contributed by atoms with Gasteiger partial charge >= 0.3 is 12.1 Å². The van der Waals surface area contributed by atoms with Crippen molar-refractivity contribution in [1.82, 2.24) is 44.7 Å². The van der Waals surface area contributed by atoms with Crippen molar-refractivity contribution in [3.63, 3.8) is 0 Å². The number of nitrogens with two attached hydrogens (primary N) is 1. The molecule has 6 rings (SSSR count). The molecule has 12 nitrogen and oxygen atoms in total. The van der Waals surface area contributed by atoms with Crippen LogP contribution in [0.2, 0.25) is 0 Å². The maximum absolute atomic E-state index is 13.6. The number of carbonyl (C=O) groups excluding carboxylic acids is 1. The van der Waals surface area contributed by atoms with Gasteiger partial charge in [0.05, 0.1) is 29.4 Å². The maximum Gasteiger partial charge on any atom is 0.453 e. The quantitative estimate of drug-likeness (QED) is 0.337. The Bertz CT molecular complexity index is 1660. The second kappa shape index (κ2) is 8.59. The molecule has 1 atom stereocenters. The third-order valence-electron chi connectivity index (χ3n) is 7.52. The number of nitrogens with one attached hydrogen (secondary N) is 1. The molecule has 17 heteroatoms. The van der Waals surface area contributed by atoms with Gasteiger partial charge in [0.25, 0.3) is 0 Å². The van der Waals surface area contributed by atoms with Gasteiger partial charge in [-0.2, -0.15) is 27.1 Å². The van der Waals surface area contributed by atoms with Crippen molar-refractivity contribution in [1.29, 1.82) is 0 Å². The molecule has 0 spiro atoms. The molecule has 5 heterocycles. The Morgan fingerprint density at radius 3 is 2.58 bits per heavy atom. The van der Waals surface area contributed by atoms with E-state index in [-0.39, 0.29) is 46.2 Å². The molecule has 4 aromatic heterocycles. The predicted molar refractivity (Wildman–Crippen MR) is 129 cm³/mol. The van der Waals surface area contributed by atoms with E-state index in [4.69, 9.17) is 5.73 Å². The highest BCUT2D eigenvalue weighted by molar-refractivity contribution is 6.09. The van der Waals surface area contributed by atoms with Crippen LogP contribution in [0.4, 0.5) is 33.6 Å². The molecule has 2 aliphatic rings. The van der Waals surface area contributed by atoms with Crippen LogP contribution < -0.4 is 11.1 Å². The van der Waals surface area contributed by atoms with Gasteiger partial charge in [-0.3, -0.25) is 9.48 Å². The summed E-state index contributed by atoms with van der Waals surface area (Å²) in [5.74, 6) is -5.75. The molecule has 0 radical (unpaired) electrons. The summed E-state index contributed by atoms with van der Waals surface area (Å²) in [6.45, 7) is 1.63. The Kier molecular flexibility index (Phi) is 5.57. The molecule has 1 aliphatic heterocycles. The average molecular weight is 563 g/mol. The number of anilines is 2. The maximum atomic E-state index is 13.6. The molecule has 1 saturated carbocycles. The molecule has 40 heavy (non-hydrogen) atoms. The first kappa shape index (κ1) is 25.9. The number of nitrogen functional groups attached to an aromatic ring is 1. The number of carbonyl (C=O) groups is 1. The molecule has 1 fully saturated rings. The molecular formula is C23H22F5N11O. The lowest BCUT2D eigenvalue weighted by molar-refractivity contribution is -0.284. The standard InChI is InChI=1S/C23H22F5N11O/c1-21(12-9-39(37-36-12)10-4-3-5-10)14-16(29)33-18(34-17(14)35-20(21)40)15-11-8-30-38(2)19(11)32-13(31-15)6-7-22(24,25)23(26,27)28/h8-10H,3-7H2,1-2H3,(H3,29,33,34,35,40). The van der Waals surface area contributed by atoms with Crippen LogP contribution in [-0.4, -0.2) is 62.7 Å². The first-order valence-corrected chi connectivity index (χ1v) is 12.3. The Balaban J connectivity index is 1.41. The average Bonchev–Trinajstić information content (AvgIpc) is 3.53. The van der Waals surface area contributed by atoms with E-state index in [1.54, 1.807) is 17.8 Å². The predicted octanol–water partition coefficient (Wildman–Crippen LogP) is 3.11. The van der Waals surface area contributed by atoms with Crippen LogP contribution in [0.25, 0.3) is 22.6 Å². The number of hydrogen-bond acceptors (Lipinski definition) is 9. The van der Waals surface area contributed by atoms with Crippen molar-refractivity contribution in [2.45, 2.75) is 62.6 Å². The molecule has 1 unspecified atom stereocenters. The van der Waals surface area contributed by atoms with Crippen molar-refractivity contribution < 1.29 is 26.7 Å². The number of halogens is 5. The van der Waals surface area contributed by atoms with Gasteiger partial charge in [-0.1, -0.05) is 5.21 Å². The SMILES string of the molecule is Cn1ncc2c(-c3nc(N)c4c(n3)NC(=O)C4(C)c3cn(C4CCC4)nn3)nc(CCC(F)(F)C(F)(F)F)nc21. The van der Waals surface area contributed by atoms with Crippen LogP contribution >= 0.6 is 0 Å². The van der Waals surface area contributed by atoms with E-state index in [9.17, 15) is 26.7 Å². The molecular weight excluding hydrogens is 541 g/mol. The van der Waals surface area contributed by atoms with Crippen molar-refractivity contribution >= 4 is 28.6 Å². The van der Waals surface area contributed by atoms with Gasteiger partial charge in [-0.15, -0.1) is 5.10 Å². The van der Waals surface area contributed by atoms with Crippen LogP contribution in [0.5, 0.6) is 0 Å². The molecule has 210 valence electrons. The van der Waals surface area contributed by atoms with Gasteiger partial charge in [0.1, 0.15) is 34.3 Å². The number of rotatable bonds is 6. The first-order chi connectivity index (χ1) is 18.8. The normalized spacial score (nSPS) is 19.6. The lowest BCUT2D eigenvalue weighted by atomic mass is 9.81. The van der Waals surface area contributed by atoms with Gasteiger partial charge in [-0.05, 0) is 26.2 Å². The molecule has 4 aromatic rings. The third kappa shape index (κ3) is 3.85. The molecule has 0 bridgehead atoms. The zero-order valence-corrected chi connectivity index (χ0v) is 21.2. The highest BCUT2D eigenvalue weighted by Crippen LogP contribution is 2.45. The Morgan fingerprint density at radius 1 is 1.15 bits per heavy atom. The van der Waals surface area contributed by atoms with Crippen LogP contribution in [0.3, 0.4) is 0 Å². The Hall–Kier alpha value is -4.31. The van der Waals surface area contributed by atoms with Crippen molar-refractivity contribution in [3.05, 3.63) is 29.5 Å². The molecule has 0 aromatic carbocycles. The summed E-state index contributed by atoms with van der Waals surface area (Å²) < 4.78 is 68.4. The summed E-state index contributed by atoms with van der Waals surface area (Å²) in [7, 11) is 1.52. The number of hydrogen-bond donors (Lipinski definition) is 2. The van der Waals surface area contributed by atoms with E-state index in [1.165, 1.54) is 17.9 Å². The largest absolute Gasteiger partial charge is 0.453 e. The zero-order chi connectivity index (χ0) is 28.6. The number of amides is 1. The van der Waals surface area contributed by atoms with Gasteiger partial charge in [0.2, 0.25) is 5.91 Å². The van der Waals surface area contributed by atoms with Crippen LogP contribution in [-0.2, 0) is 23.7 Å². The topological polar surface area (TPSA) is 155 Å². The second-order valence-electron chi connectivity index (χ2n) is 10.1.